The fraction of sp³-hybridized carbons (Fsp3) is 0.103. The third-order valence-corrected chi connectivity index (χ3v) is 8.23. The molecule has 0 radical (unpaired) electrons. The molecule has 1 fully saturated rings. The van der Waals surface area contributed by atoms with E-state index in [0.717, 1.165) is 25.5 Å². The lowest BCUT2D eigenvalue weighted by Crippen LogP contribution is -2.27. The molecule has 1 heterocycles. The molecular weight excluding hydrogens is 656 g/mol. The Bertz CT molecular complexity index is 1610. The lowest BCUT2D eigenvalue weighted by Gasteiger charge is -2.16. The molecule has 0 spiro atoms. The number of carbonyl (C=O) groups is 1. The van der Waals surface area contributed by atoms with Gasteiger partial charge in [0.15, 0.2) is 15.8 Å². The Kier molecular flexibility index (Phi) is 8.23. The Morgan fingerprint density at radius 1 is 1.08 bits per heavy atom. The quantitative estimate of drug-likeness (QED) is 0.111. The van der Waals surface area contributed by atoms with Crippen molar-refractivity contribution >= 4 is 90.9 Å². The van der Waals surface area contributed by atoms with Crippen LogP contribution in [0.1, 0.15) is 18.1 Å². The average molecular weight is 676 g/mol. The molecule has 1 amide bonds. The summed E-state index contributed by atoms with van der Waals surface area (Å²) in [5.41, 5.74) is 2.27. The molecular formula is C29H20ClFINO3S2. The molecule has 4 aromatic carbocycles. The molecule has 5 rings (SSSR count). The molecule has 0 bridgehead atoms. The maximum absolute atomic E-state index is 13.6. The normalized spacial score (nSPS) is 14.5. The van der Waals surface area contributed by atoms with Crippen LogP contribution >= 0.6 is 58.2 Å². The topological polar surface area (TPSA) is 38.8 Å². The predicted molar refractivity (Wildman–Crippen MR) is 166 cm³/mol. The van der Waals surface area contributed by atoms with E-state index in [-0.39, 0.29) is 10.9 Å². The van der Waals surface area contributed by atoms with Crippen molar-refractivity contribution in [2.75, 3.05) is 11.5 Å². The van der Waals surface area contributed by atoms with Gasteiger partial charge in [-0.05, 0) is 87.8 Å². The molecule has 1 aliphatic rings. The van der Waals surface area contributed by atoms with Crippen LogP contribution in [-0.2, 0) is 11.4 Å². The van der Waals surface area contributed by atoms with Crippen molar-refractivity contribution in [3.63, 3.8) is 0 Å². The molecule has 1 aliphatic heterocycles. The van der Waals surface area contributed by atoms with Crippen molar-refractivity contribution < 1.29 is 18.7 Å². The second-order valence-corrected chi connectivity index (χ2v) is 11.6. The number of hydrogen-bond donors (Lipinski definition) is 0. The van der Waals surface area contributed by atoms with Crippen molar-refractivity contribution in [3.8, 4) is 11.5 Å². The van der Waals surface area contributed by atoms with Crippen LogP contribution in [0.3, 0.4) is 0 Å². The summed E-state index contributed by atoms with van der Waals surface area (Å²) in [5, 5.41) is 2.23. The number of thiocarbonyl (C=S) groups is 1. The summed E-state index contributed by atoms with van der Waals surface area (Å²) in [4.78, 5) is 15.0. The first-order valence-electron chi connectivity index (χ1n) is 11.6. The molecule has 0 aromatic heterocycles. The fourth-order valence-corrected chi connectivity index (χ4v) is 6.36. The summed E-state index contributed by atoms with van der Waals surface area (Å²) in [7, 11) is 0. The lowest BCUT2D eigenvalue weighted by molar-refractivity contribution is -0.113. The molecule has 0 saturated carbocycles. The van der Waals surface area contributed by atoms with Crippen molar-refractivity contribution in [3.05, 3.63) is 103 Å². The second-order valence-electron chi connectivity index (χ2n) is 8.31. The molecule has 38 heavy (non-hydrogen) atoms. The monoisotopic (exact) mass is 675 g/mol. The van der Waals surface area contributed by atoms with E-state index in [1.54, 1.807) is 6.08 Å². The van der Waals surface area contributed by atoms with Gasteiger partial charge in [0.2, 0.25) is 0 Å². The second kappa shape index (κ2) is 11.6. The summed E-state index contributed by atoms with van der Waals surface area (Å²) in [5.74, 6) is 0.377. The van der Waals surface area contributed by atoms with E-state index < -0.39 is 5.82 Å². The summed E-state index contributed by atoms with van der Waals surface area (Å²) < 4.78 is 27.0. The van der Waals surface area contributed by atoms with Gasteiger partial charge in [-0.3, -0.25) is 9.69 Å². The number of rotatable bonds is 7. The van der Waals surface area contributed by atoms with Crippen LogP contribution in [0.5, 0.6) is 11.5 Å². The SMILES string of the molecule is CCOc1cc(/C=C2\SC(=S)N(c3ccc(F)c(Cl)c3)C2=O)cc(I)c1OCc1cccc2ccccc12. The number of nitrogens with zero attached hydrogens (tertiary/aromatic N) is 1. The highest BCUT2D eigenvalue weighted by Gasteiger charge is 2.33. The van der Waals surface area contributed by atoms with Gasteiger partial charge in [-0.15, -0.1) is 0 Å². The van der Waals surface area contributed by atoms with Gasteiger partial charge < -0.3 is 9.47 Å². The van der Waals surface area contributed by atoms with Crippen LogP contribution in [0.4, 0.5) is 10.1 Å². The Balaban J connectivity index is 1.42. The number of amides is 1. The summed E-state index contributed by atoms with van der Waals surface area (Å²) in [6.45, 7) is 2.75. The smallest absolute Gasteiger partial charge is 0.270 e. The Morgan fingerprint density at radius 3 is 2.66 bits per heavy atom. The van der Waals surface area contributed by atoms with Crippen LogP contribution in [0.25, 0.3) is 16.8 Å². The minimum Gasteiger partial charge on any atom is -0.490 e. The Hall–Kier alpha value is -2.66. The molecule has 192 valence electrons. The van der Waals surface area contributed by atoms with E-state index >= 15 is 0 Å². The first-order chi connectivity index (χ1) is 18.4. The number of thioether (sulfide) groups is 1. The number of anilines is 1. The van der Waals surface area contributed by atoms with E-state index in [1.807, 2.05) is 37.3 Å². The zero-order valence-electron chi connectivity index (χ0n) is 20.0. The number of halogens is 3. The first kappa shape index (κ1) is 26.9. The lowest BCUT2D eigenvalue weighted by atomic mass is 10.1. The van der Waals surface area contributed by atoms with Gasteiger partial charge in [-0.2, -0.15) is 0 Å². The van der Waals surface area contributed by atoms with E-state index in [2.05, 4.69) is 46.9 Å². The minimum absolute atomic E-state index is 0.0736. The molecule has 0 aliphatic carbocycles. The third-order valence-electron chi connectivity index (χ3n) is 5.84. The molecule has 0 unspecified atom stereocenters. The van der Waals surface area contributed by atoms with Crippen LogP contribution in [0.2, 0.25) is 5.02 Å². The van der Waals surface area contributed by atoms with Gasteiger partial charge >= 0.3 is 0 Å². The number of fused-ring (bicyclic) bond motifs is 1. The summed E-state index contributed by atoms with van der Waals surface area (Å²) in [6.07, 6.45) is 1.77. The number of benzene rings is 4. The van der Waals surface area contributed by atoms with Crippen LogP contribution in [0.15, 0.2) is 77.7 Å². The van der Waals surface area contributed by atoms with Crippen LogP contribution in [0, 0.1) is 9.39 Å². The summed E-state index contributed by atoms with van der Waals surface area (Å²) in [6, 6.07) is 22.2. The molecule has 4 aromatic rings. The maximum Gasteiger partial charge on any atom is 0.270 e. The molecule has 1 saturated heterocycles. The van der Waals surface area contributed by atoms with Crippen molar-refractivity contribution in [2.24, 2.45) is 0 Å². The van der Waals surface area contributed by atoms with Crippen LogP contribution < -0.4 is 14.4 Å². The van der Waals surface area contributed by atoms with Gasteiger partial charge in [0.1, 0.15) is 12.4 Å². The van der Waals surface area contributed by atoms with Crippen molar-refractivity contribution in [1.82, 2.24) is 0 Å². The van der Waals surface area contributed by atoms with Gasteiger partial charge in [0.25, 0.3) is 5.91 Å². The fourth-order valence-electron chi connectivity index (χ4n) is 4.11. The Labute approximate surface area is 247 Å². The van der Waals surface area contributed by atoms with Crippen molar-refractivity contribution in [1.29, 1.82) is 0 Å². The highest BCUT2D eigenvalue weighted by Crippen LogP contribution is 2.40. The van der Waals surface area contributed by atoms with Gasteiger partial charge in [0, 0.05) is 0 Å². The van der Waals surface area contributed by atoms with E-state index in [4.69, 9.17) is 33.3 Å². The molecule has 0 atom stereocenters. The molecule has 4 nitrogen and oxygen atoms in total. The van der Waals surface area contributed by atoms with E-state index in [1.165, 1.54) is 34.9 Å². The molecule has 9 heteroatoms. The molecule has 0 N–H and O–H groups in total. The van der Waals surface area contributed by atoms with E-state index in [9.17, 15) is 9.18 Å². The van der Waals surface area contributed by atoms with Gasteiger partial charge in [-0.1, -0.05) is 78.0 Å². The van der Waals surface area contributed by atoms with E-state index in [0.29, 0.717) is 39.6 Å². The van der Waals surface area contributed by atoms with Crippen molar-refractivity contribution in [2.45, 2.75) is 13.5 Å². The maximum atomic E-state index is 13.6. The highest BCUT2D eigenvalue weighted by molar-refractivity contribution is 14.1. The minimum atomic E-state index is -0.558. The first-order valence-corrected chi connectivity index (χ1v) is 14.3. The number of carbonyl (C=O) groups excluding carboxylic acids is 1. The highest BCUT2D eigenvalue weighted by atomic mass is 127. The van der Waals surface area contributed by atoms with Gasteiger partial charge in [0.05, 0.1) is 25.8 Å². The Morgan fingerprint density at radius 2 is 1.87 bits per heavy atom. The summed E-state index contributed by atoms with van der Waals surface area (Å²) >= 11 is 14.8. The zero-order valence-corrected chi connectivity index (χ0v) is 24.6. The zero-order chi connectivity index (χ0) is 26.8. The number of ether oxygens (including phenoxy) is 2. The number of hydrogen-bond acceptors (Lipinski definition) is 5. The standard InChI is InChI=1S/C29H20ClFINO3S2/c1-2-35-25-13-17(14-26-28(34)33(29(37)38-26)20-10-11-23(31)22(30)15-20)12-24(32)27(25)36-16-19-8-5-7-18-6-3-4-9-21(18)19/h3-15H,2,16H2,1H3/b26-14-. The van der Waals surface area contributed by atoms with Gasteiger partial charge in [-0.25, -0.2) is 4.39 Å². The van der Waals surface area contributed by atoms with Crippen LogP contribution in [-0.4, -0.2) is 16.8 Å². The average Bonchev–Trinajstić information content (AvgIpc) is 3.17. The predicted octanol–water partition coefficient (Wildman–Crippen LogP) is 8.62. The third kappa shape index (κ3) is 5.54. The largest absolute Gasteiger partial charge is 0.490 e.